The van der Waals surface area contributed by atoms with E-state index in [0.717, 1.165) is 0 Å². The van der Waals surface area contributed by atoms with Gasteiger partial charge in [-0.25, -0.2) is 9.59 Å². The molecule has 0 bridgehead atoms. The Hall–Kier alpha value is -2.69. The summed E-state index contributed by atoms with van der Waals surface area (Å²) in [6.45, 7) is 1.49. The molecular formula is C14H11NO4. The van der Waals surface area contributed by atoms with E-state index < -0.39 is 11.9 Å². The lowest BCUT2D eigenvalue weighted by atomic mass is 9.95. The van der Waals surface area contributed by atoms with Crippen LogP contribution in [0.2, 0.25) is 0 Å². The van der Waals surface area contributed by atoms with E-state index in [4.69, 9.17) is 5.11 Å². The Morgan fingerprint density at radius 1 is 1.05 bits per heavy atom. The van der Waals surface area contributed by atoms with Gasteiger partial charge in [0, 0.05) is 11.8 Å². The average Bonchev–Trinajstić information content (AvgIpc) is 2.38. The smallest absolute Gasteiger partial charge is 0.336 e. The zero-order valence-electron chi connectivity index (χ0n) is 10.1. The highest BCUT2D eigenvalue weighted by atomic mass is 16.4. The second-order valence-electron chi connectivity index (χ2n) is 3.99. The maximum absolute atomic E-state index is 11.4. The topological polar surface area (TPSA) is 87.5 Å². The Morgan fingerprint density at radius 3 is 2.32 bits per heavy atom. The fourth-order valence-corrected chi connectivity index (χ4v) is 1.95. The molecule has 0 radical (unpaired) electrons. The molecule has 0 saturated heterocycles. The lowest BCUT2D eigenvalue weighted by Gasteiger charge is -2.10. The summed E-state index contributed by atoms with van der Waals surface area (Å²) in [5, 5.41) is 18.3. The maximum atomic E-state index is 11.4. The van der Waals surface area contributed by atoms with E-state index in [1.54, 1.807) is 24.4 Å². The largest absolute Gasteiger partial charge is 0.478 e. The Kier molecular flexibility index (Phi) is 3.29. The third-order valence-electron chi connectivity index (χ3n) is 2.85. The second-order valence-corrected chi connectivity index (χ2v) is 3.99. The minimum absolute atomic E-state index is 0.0166. The molecule has 0 amide bonds. The van der Waals surface area contributed by atoms with Gasteiger partial charge in [0.2, 0.25) is 0 Å². The lowest BCUT2D eigenvalue weighted by Crippen LogP contribution is -2.09. The van der Waals surface area contributed by atoms with E-state index in [1.165, 1.54) is 19.1 Å². The van der Waals surface area contributed by atoms with E-state index in [1.807, 2.05) is 0 Å². The van der Waals surface area contributed by atoms with Gasteiger partial charge in [-0.2, -0.15) is 0 Å². The molecule has 1 aromatic heterocycles. The van der Waals surface area contributed by atoms with Crippen LogP contribution in [-0.4, -0.2) is 27.1 Å². The Bertz CT molecular complexity index is 650. The number of pyridine rings is 1. The molecule has 5 nitrogen and oxygen atoms in total. The molecule has 1 aromatic carbocycles. The van der Waals surface area contributed by atoms with Crippen LogP contribution in [0.1, 0.15) is 26.3 Å². The molecule has 0 aliphatic carbocycles. The highest BCUT2D eigenvalue weighted by Crippen LogP contribution is 2.27. The van der Waals surface area contributed by atoms with E-state index in [2.05, 4.69) is 4.98 Å². The van der Waals surface area contributed by atoms with Crippen molar-refractivity contribution in [3.05, 3.63) is 53.2 Å². The number of hydrogen-bond donors (Lipinski definition) is 2. The highest BCUT2D eigenvalue weighted by molar-refractivity contribution is 6.01. The van der Waals surface area contributed by atoms with Crippen LogP contribution in [0.15, 0.2) is 36.5 Å². The first-order valence-corrected chi connectivity index (χ1v) is 5.54. The molecule has 2 N–H and O–H groups in total. The van der Waals surface area contributed by atoms with Crippen molar-refractivity contribution in [2.45, 2.75) is 6.92 Å². The number of aromatic carboxylic acids is 2. The van der Waals surface area contributed by atoms with Crippen molar-refractivity contribution in [1.29, 1.82) is 0 Å². The number of carbonyl (C=O) groups is 2. The van der Waals surface area contributed by atoms with Crippen LogP contribution in [-0.2, 0) is 0 Å². The Morgan fingerprint density at radius 2 is 1.79 bits per heavy atom. The van der Waals surface area contributed by atoms with Crippen molar-refractivity contribution in [3.8, 4) is 11.3 Å². The van der Waals surface area contributed by atoms with Gasteiger partial charge >= 0.3 is 11.9 Å². The summed E-state index contributed by atoms with van der Waals surface area (Å²) in [6, 6.07) is 8.02. The first kappa shape index (κ1) is 12.8. The third-order valence-corrected chi connectivity index (χ3v) is 2.85. The van der Waals surface area contributed by atoms with Gasteiger partial charge in [-0.1, -0.05) is 12.1 Å². The van der Waals surface area contributed by atoms with Crippen LogP contribution >= 0.6 is 0 Å². The summed E-state index contributed by atoms with van der Waals surface area (Å²) in [5.41, 5.74) is 1.09. The minimum atomic E-state index is -1.17. The fourth-order valence-electron chi connectivity index (χ4n) is 1.95. The zero-order valence-corrected chi connectivity index (χ0v) is 10.1. The summed E-state index contributed by atoms with van der Waals surface area (Å²) in [7, 11) is 0. The molecule has 0 atom stereocenters. The predicted octanol–water partition coefficient (Wildman–Crippen LogP) is 2.45. The molecule has 0 unspecified atom stereocenters. The number of nitrogens with zero attached hydrogens (tertiary/aromatic N) is 1. The molecule has 1 heterocycles. The standard InChI is InChI=1S/C14H11NO4/c1-8-9(13(16)17)5-6-10(12(8)14(18)19)11-4-2-3-7-15-11/h2-7H,1H3,(H,16,17)(H,18,19). The summed E-state index contributed by atoms with van der Waals surface area (Å²) in [6.07, 6.45) is 1.56. The predicted molar refractivity (Wildman–Crippen MR) is 68.3 cm³/mol. The number of rotatable bonds is 3. The fraction of sp³-hybridized carbons (Fsp3) is 0.0714. The minimum Gasteiger partial charge on any atom is -0.478 e. The molecule has 0 fully saturated rings. The first-order valence-electron chi connectivity index (χ1n) is 5.54. The number of aromatic nitrogens is 1. The molecule has 19 heavy (non-hydrogen) atoms. The Labute approximate surface area is 109 Å². The van der Waals surface area contributed by atoms with E-state index in [-0.39, 0.29) is 16.7 Å². The van der Waals surface area contributed by atoms with Gasteiger partial charge in [-0.15, -0.1) is 0 Å². The quantitative estimate of drug-likeness (QED) is 0.881. The average molecular weight is 257 g/mol. The zero-order chi connectivity index (χ0) is 14.0. The lowest BCUT2D eigenvalue weighted by molar-refractivity contribution is 0.0696. The van der Waals surface area contributed by atoms with Crippen molar-refractivity contribution in [1.82, 2.24) is 4.98 Å². The number of carboxylic acid groups (broad SMARTS) is 2. The maximum Gasteiger partial charge on any atom is 0.336 e. The van der Waals surface area contributed by atoms with Crippen LogP contribution in [0, 0.1) is 6.92 Å². The second kappa shape index (κ2) is 4.89. The van der Waals surface area contributed by atoms with Gasteiger partial charge in [-0.05, 0) is 30.7 Å². The van der Waals surface area contributed by atoms with Crippen LogP contribution in [0.25, 0.3) is 11.3 Å². The Balaban J connectivity index is 2.73. The monoisotopic (exact) mass is 257 g/mol. The van der Waals surface area contributed by atoms with Gasteiger partial charge in [0.25, 0.3) is 0 Å². The number of hydrogen-bond acceptors (Lipinski definition) is 3. The van der Waals surface area contributed by atoms with Crippen molar-refractivity contribution in [2.75, 3.05) is 0 Å². The molecule has 96 valence electrons. The van der Waals surface area contributed by atoms with Crippen molar-refractivity contribution >= 4 is 11.9 Å². The van der Waals surface area contributed by atoms with E-state index >= 15 is 0 Å². The summed E-state index contributed by atoms with van der Waals surface area (Å²) in [4.78, 5) is 26.5. The molecule has 5 heteroatoms. The molecule has 0 aliphatic rings. The number of benzene rings is 1. The van der Waals surface area contributed by atoms with Crippen LogP contribution < -0.4 is 0 Å². The summed E-state index contributed by atoms with van der Waals surface area (Å²) < 4.78 is 0. The van der Waals surface area contributed by atoms with Gasteiger partial charge in [0.05, 0.1) is 16.8 Å². The van der Waals surface area contributed by atoms with Crippen LogP contribution in [0.5, 0.6) is 0 Å². The number of carboxylic acids is 2. The molecule has 0 saturated carbocycles. The van der Waals surface area contributed by atoms with Gasteiger partial charge in [-0.3, -0.25) is 4.98 Å². The van der Waals surface area contributed by atoms with Crippen molar-refractivity contribution in [2.24, 2.45) is 0 Å². The van der Waals surface area contributed by atoms with Crippen molar-refractivity contribution < 1.29 is 19.8 Å². The SMILES string of the molecule is Cc1c(C(=O)O)ccc(-c2ccccn2)c1C(=O)O. The molecule has 2 aromatic rings. The molecule has 0 spiro atoms. The molecular weight excluding hydrogens is 246 g/mol. The van der Waals surface area contributed by atoms with E-state index in [0.29, 0.717) is 11.3 Å². The van der Waals surface area contributed by atoms with Crippen LogP contribution in [0.3, 0.4) is 0 Å². The highest BCUT2D eigenvalue weighted by Gasteiger charge is 2.20. The molecule has 2 rings (SSSR count). The van der Waals surface area contributed by atoms with E-state index in [9.17, 15) is 14.7 Å². The van der Waals surface area contributed by atoms with Gasteiger partial charge < -0.3 is 10.2 Å². The third kappa shape index (κ3) is 2.30. The van der Waals surface area contributed by atoms with Gasteiger partial charge in [0.15, 0.2) is 0 Å². The van der Waals surface area contributed by atoms with Crippen molar-refractivity contribution in [3.63, 3.8) is 0 Å². The van der Waals surface area contributed by atoms with Crippen LogP contribution in [0.4, 0.5) is 0 Å². The molecule has 0 aliphatic heterocycles. The van der Waals surface area contributed by atoms with Gasteiger partial charge in [0.1, 0.15) is 0 Å². The summed E-state index contributed by atoms with van der Waals surface area (Å²) in [5.74, 6) is -2.31. The first-order chi connectivity index (χ1) is 9.02. The summed E-state index contributed by atoms with van der Waals surface area (Å²) >= 11 is 0. The normalized spacial score (nSPS) is 10.2.